The minimum atomic E-state index is -2.98. The molecule has 1 aromatic carbocycles. The molecular formula is C14H20FNO3S. The van der Waals surface area contributed by atoms with Crippen LogP contribution in [0.5, 0.6) is 5.75 Å². The van der Waals surface area contributed by atoms with Gasteiger partial charge >= 0.3 is 0 Å². The highest BCUT2D eigenvalue weighted by atomic mass is 32.2. The van der Waals surface area contributed by atoms with E-state index in [0.717, 1.165) is 18.5 Å². The fourth-order valence-electron chi connectivity index (χ4n) is 2.25. The van der Waals surface area contributed by atoms with Crippen molar-refractivity contribution in [3.63, 3.8) is 0 Å². The van der Waals surface area contributed by atoms with Crippen LogP contribution in [0.2, 0.25) is 0 Å². The van der Waals surface area contributed by atoms with E-state index in [-0.39, 0.29) is 23.4 Å². The molecule has 1 atom stereocenters. The van der Waals surface area contributed by atoms with E-state index in [1.165, 1.54) is 12.1 Å². The lowest BCUT2D eigenvalue weighted by molar-refractivity contribution is 0.227. The summed E-state index contributed by atoms with van der Waals surface area (Å²) in [5, 5.41) is 3.19. The molecule has 0 saturated carbocycles. The summed E-state index contributed by atoms with van der Waals surface area (Å²) in [4.78, 5) is 0. The Bertz CT molecular complexity index is 560. The Kier molecular flexibility index (Phi) is 4.99. The highest BCUT2D eigenvalue weighted by Gasteiger charge is 2.29. The number of ether oxygens (including phenoxy) is 1. The van der Waals surface area contributed by atoms with Crippen molar-refractivity contribution in [1.29, 1.82) is 0 Å². The van der Waals surface area contributed by atoms with Gasteiger partial charge in [-0.3, -0.25) is 0 Å². The van der Waals surface area contributed by atoms with Crippen molar-refractivity contribution in [3.8, 4) is 5.75 Å². The third-order valence-electron chi connectivity index (χ3n) is 3.18. The summed E-state index contributed by atoms with van der Waals surface area (Å²) >= 11 is 0. The van der Waals surface area contributed by atoms with Crippen LogP contribution < -0.4 is 10.1 Å². The molecule has 1 saturated heterocycles. The molecule has 20 heavy (non-hydrogen) atoms. The van der Waals surface area contributed by atoms with E-state index < -0.39 is 9.84 Å². The molecule has 1 aliphatic heterocycles. The van der Waals surface area contributed by atoms with Crippen LogP contribution in [0.3, 0.4) is 0 Å². The summed E-state index contributed by atoms with van der Waals surface area (Å²) in [6, 6.07) is 4.52. The Hall–Kier alpha value is -1.14. The number of benzene rings is 1. The Labute approximate surface area is 119 Å². The topological polar surface area (TPSA) is 55.4 Å². The molecule has 0 aromatic heterocycles. The second-order valence-electron chi connectivity index (χ2n) is 5.11. The van der Waals surface area contributed by atoms with Crippen molar-refractivity contribution in [1.82, 2.24) is 5.32 Å². The molecule has 1 N–H and O–H groups in total. The molecule has 1 fully saturated rings. The monoisotopic (exact) mass is 301 g/mol. The molecule has 0 spiro atoms. The van der Waals surface area contributed by atoms with E-state index in [1.807, 2.05) is 0 Å². The van der Waals surface area contributed by atoms with Gasteiger partial charge in [-0.2, -0.15) is 0 Å². The van der Waals surface area contributed by atoms with Crippen molar-refractivity contribution < 1.29 is 17.5 Å². The lowest BCUT2D eigenvalue weighted by atomic mass is 10.2. The van der Waals surface area contributed by atoms with Crippen molar-refractivity contribution in [2.75, 3.05) is 18.1 Å². The minimum absolute atomic E-state index is 0.0208. The fraction of sp³-hybridized carbons (Fsp3) is 0.571. The second kappa shape index (κ2) is 6.54. The average molecular weight is 301 g/mol. The molecule has 4 nitrogen and oxygen atoms in total. The molecule has 0 radical (unpaired) electrons. The number of hydrogen-bond donors (Lipinski definition) is 1. The van der Waals surface area contributed by atoms with E-state index in [2.05, 4.69) is 12.2 Å². The van der Waals surface area contributed by atoms with Gasteiger partial charge in [0.15, 0.2) is 9.84 Å². The highest BCUT2D eigenvalue weighted by Crippen LogP contribution is 2.22. The molecule has 0 amide bonds. The van der Waals surface area contributed by atoms with Gasteiger partial charge in [-0.15, -0.1) is 0 Å². The van der Waals surface area contributed by atoms with Gasteiger partial charge in [0, 0.05) is 12.6 Å². The maximum absolute atomic E-state index is 13.5. The smallest absolute Gasteiger partial charge is 0.154 e. The van der Waals surface area contributed by atoms with Crippen molar-refractivity contribution in [3.05, 3.63) is 29.6 Å². The molecule has 0 bridgehead atoms. The molecular weight excluding hydrogens is 281 g/mol. The van der Waals surface area contributed by atoms with Gasteiger partial charge in [0.2, 0.25) is 0 Å². The van der Waals surface area contributed by atoms with Gasteiger partial charge in [-0.25, -0.2) is 12.8 Å². The molecule has 112 valence electrons. The van der Waals surface area contributed by atoms with Crippen LogP contribution >= 0.6 is 0 Å². The predicted molar refractivity (Wildman–Crippen MR) is 76.1 cm³/mol. The average Bonchev–Trinajstić information content (AvgIpc) is 2.68. The summed E-state index contributed by atoms with van der Waals surface area (Å²) in [7, 11) is -2.98. The normalized spacial score (nSPS) is 21.0. The Morgan fingerprint density at radius 3 is 2.85 bits per heavy atom. The Balaban J connectivity index is 2.00. The van der Waals surface area contributed by atoms with E-state index in [0.29, 0.717) is 18.7 Å². The van der Waals surface area contributed by atoms with Gasteiger partial charge in [-0.05, 0) is 37.1 Å². The summed E-state index contributed by atoms with van der Waals surface area (Å²) in [6.07, 6.45) is 1.12. The number of sulfone groups is 1. The van der Waals surface area contributed by atoms with Gasteiger partial charge < -0.3 is 10.1 Å². The van der Waals surface area contributed by atoms with Crippen LogP contribution in [0.25, 0.3) is 0 Å². The lowest BCUT2D eigenvalue weighted by Gasteiger charge is -2.13. The van der Waals surface area contributed by atoms with Crippen LogP contribution in [-0.2, 0) is 16.4 Å². The summed E-state index contributed by atoms with van der Waals surface area (Å²) in [5.41, 5.74) is 0.800. The van der Waals surface area contributed by atoms with E-state index in [1.54, 1.807) is 6.07 Å². The number of hydrogen-bond acceptors (Lipinski definition) is 4. The van der Waals surface area contributed by atoms with Crippen LogP contribution in [0, 0.1) is 5.82 Å². The lowest BCUT2D eigenvalue weighted by Crippen LogP contribution is -2.18. The molecule has 2 rings (SSSR count). The standard InChI is InChI=1S/C14H20FNO3S/c1-2-4-16-9-11-6-12(15)8-14(7-11)19-13-3-5-20(17,18)10-13/h6-8,13,16H,2-5,9-10H2,1H3. The maximum atomic E-state index is 13.5. The first-order chi connectivity index (χ1) is 9.48. The predicted octanol–water partition coefficient (Wildman–Crippen LogP) is 1.89. The number of nitrogens with one attached hydrogen (secondary N) is 1. The van der Waals surface area contributed by atoms with Crippen molar-refractivity contribution >= 4 is 9.84 Å². The quantitative estimate of drug-likeness (QED) is 0.815. The largest absolute Gasteiger partial charge is 0.489 e. The van der Waals surface area contributed by atoms with Crippen molar-refractivity contribution in [2.24, 2.45) is 0 Å². The van der Waals surface area contributed by atoms with Crippen molar-refractivity contribution in [2.45, 2.75) is 32.4 Å². The SMILES string of the molecule is CCCNCc1cc(F)cc(OC2CCS(=O)(=O)C2)c1. The fourth-order valence-corrected chi connectivity index (χ4v) is 3.84. The first kappa shape index (κ1) is 15.3. The molecule has 1 heterocycles. The zero-order valence-corrected chi connectivity index (χ0v) is 12.4. The van der Waals surface area contributed by atoms with Crippen LogP contribution in [0.1, 0.15) is 25.3 Å². The Morgan fingerprint density at radius 2 is 2.20 bits per heavy atom. The second-order valence-corrected chi connectivity index (χ2v) is 7.34. The van der Waals surface area contributed by atoms with Crippen LogP contribution in [-0.4, -0.2) is 32.6 Å². The maximum Gasteiger partial charge on any atom is 0.154 e. The number of rotatable bonds is 6. The van der Waals surface area contributed by atoms with Gasteiger partial charge in [0.25, 0.3) is 0 Å². The first-order valence-electron chi connectivity index (χ1n) is 6.86. The zero-order valence-electron chi connectivity index (χ0n) is 11.6. The summed E-state index contributed by atoms with van der Waals surface area (Å²) < 4.78 is 41.9. The van der Waals surface area contributed by atoms with E-state index >= 15 is 0 Å². The number of halogens is 1. The first-order valence-corrected chi connectivity index (χ1v) is 8.68. The molecule has 6 heteroatoms. The Morgan fingerprint density at radius 1 is 1.40 bits per heavy atom. The third kappa shape index (κ3) is 4.45. The van der Waals surface area contributed by atoms with Gasteiger partial charge in [0.1, 0.15) is 17.7 Å². The summed E-state index contributed by atoms with van der Waals surface area (Å²) in [6.45, 7) is 3.51. The zero-order chi connectivity index (χ0) is 14.6. The molecule has 1 aliphatic rings. The molecule has 0 aliphatic carbocycles. The highest BCUT2D eigenvalue weighted by molar-refractivity contribution is 7.91. The van der Waals surface area contributed by atoms with E-state index in [9.17, 15) is 12.8 Å². The van der Waals surface area contributed by atoms with E-state index in [4.69, 9.17) is 4.74 Å². The van der Waals surface area contributed by atoms with Gasteiger partial charge in [0.05, 0.1) is 11.5 Å². The third-order valence-corrected chi connectivity index (χ3v) is 4.92. The molecule has 1 unspecified atom stereocenters. The molecule has 1 aromatic rings. The van der Waals surface area contributed by atoms with Gasteiger partial charge in [-0.1, -0.05) is 6.92 Å². The minimum Gasteiger partial charge on any atom is -0.489 e. The van der Waals surface area contributed by atoms with Crippen LogP contribution in [0.15, 0.2) is 18.2 Å². The summed E-state index contributed by atoms with van der Waals surface area (Å²) in [5.74, 6) is 0.210. The van der Waals surface area contributed by atoms with Crippen LogP contribution in [0.4, 0.5) is 4.39 Å².